The number of benzene rings is 1. The molecule has 0 aliphatic carbocycles. The van der Waals surface area contributed by atoms with Crippen molar-refractivity contribution in [3.8, 4) is 5.75 Å². The zero-order valence-electron chi connectivity index (χ0n) is 11.1. The molecule has 0 aromatic heterocycles. The minimum Gasteiger partial charge on any atom is -0.477 e. The van der Waals surface area contributed by atoms with Crippen molar-refractivity contribution in [2.75, 3.05) is 18.5 Å². The highest BCUT2D eigenvalue weighted by atomic mass is 16.5. The maximum Gasteiger partial charge on any atom is 0.263 e. The number of aliphatic hydroxyl groups excluding tert-OH is 1. The van der Waals surface area contributed by atoms with Crippen LogP contribution in [0.3, 0.4) is 0 Å². The highest BCUT2D eigenvalue weighted by Gasteiger charge is 2.26. The Morgan fingerprint density at radius 2 is 2.37 bits per heavy atom. The van der Waals surface area contributed by atoms with E-state index < -0.39 is 6.10 Å². The van der Waals surface area contributed by atoms with Crippen molar-refractivity contribution < 1.29 is 14.6 Å². The molecule has 0 saturated heterocycles. The van der Waals surface area contributed by atoms with Crippen molar-refractivity contribution in [1.82, 2.24) is 5.32 Å². The molecule has 1 aromatic rings. The largest absolute Gasteiger partial charge is 0.477 e. The third-order valence-corrected chi connectivity index (χ3v) is 3.11. The van der Waals surface area contributed by atoms with Crippen LogP contribution in [-0.4, -0.2) is 36.3 Å². The van der Waals surface area contributed by atoms with Crippen LogP contribution >= 0.6 is 0 Å². The number of ether oxygens (including phenoxy) is 1. The summed E-state index contributed by atoms with van der Waals surface area (Å²) in [7, 11) is 0. The van der Waals surface area contributed by atoms with Crippen LogP contribution in [0, 0.1) is 0 Å². The van der Waals surface area contributed by atoms with Gasteiger partial charge in [-0.2, -0.15) is 0 Å². The number of nitrogens with one attached hydrogen (secondary N) is 2. The van der Waals surface area contributed by atoms with E-state index >= 15 is 0 Å². The molecule has 104 valence electrons. The monoisotopic (exact) mass is 264 g/mol. The summed E-state index contributed by atoms with van der Waals surface area (Å²) in [6, 6.07) is 7.61. The molecule has 1 aliphatic heterocycles. The summed E-state index contributed by atoms with van der Waals surface area (Å²) in [4.78, 5) is 12.0. The Hall–Kier alpha value is -1.75. The number of rotatable bonds is 5. The molecule has 5 heteroatoms. The number of carbonyl (C=O) groups excluding carboxylic acids is 1. The van der Waals surface area contributed by atoms with Crippen LogP contribution in [0.2, 0.25) is 0 Å². The van der Waals surface area contributed by atoms with Crippen molar-refractivity contribution in [3.63, 3.8) is 0 Å². The molecule has 2 unspecified atom stereocenters. The van der Waals surface area contributed by atoms with Crippen molar-refractivity contribution in [1.29, 1.82) is 0 Å². The highest BCUT2D eigenvalue weighted by Crippen LogP contribution is 2.28. The second-order valence-corrected chi connectivity index (χ2v) is 4.76. The maximum absolute atomic E-state index is 12.0. The van der Waals surface area contributed by atoms with Gasteiger partial charge in [0.25, 0.3) is 5.91 Å². The average Bonchev–Trinajstić information content (AvgIpc) is 2.44. The van der Waals surface area contributed by atoms with Gasteiger partial charge in [-0.05, 0) is 31.9 Å². The van der Waals surface area contributed by atoms with Crippen LogP contribution in [0.5, 0.6) is 5.75 Å². The molecule has 0 bridgehead atoms. The van der Waals surface area contributed by atoms with Gasteiger partial charge >= 0.3 is 0 Å². The number of hydrogen-bond donors (Lipinski definition) is 3. The lowest BCUT2D eigenvalue weighted by Gasteiger charge is -2.27. The predicted molar refractivity (Wildman–Crippen MR) is 73.3 cm³/mol. The molecule has 0 saturated carbocycles. The van der Waals surface area contributed by atoms with Crippen molar-refractivity contribution >= 4 is 11.6 Å². The first-order valence-electron chi connectivity index (χ1n) is 6.61. The highest BCUT2D eigenvalue weighted by molar-refractivity contribution is 5.83. The molecule has 1 aliphatic rings. The fraction of sp³-hybridized carbons (Fsp3) is 0.500. The third-order valence-electron chi connectivity index (χ3n) is 3.11. The van der Waals surface area contributed by atoms with Crippen molar-refractivity contribution in [2.45, 2.75) is 31.9 Å². The van der Waals surface area contributed by atoms with Gasteiger partial charge in [0, 0.05) is 12.6 Å². The van der Waals surface area contributed by atoms with E-state index in [2.05, 4.69) is 10.6 Å². The molecule has 2 rings (SSSR count). The summed E-state index contributed by atoms with van der Waals surface area (Å²) in [5, 5.41) is 14.8. The van der Waals surface area contributed by atoms with Gasteiger partial charge in [0.2, 0.25) is 0 Å². The SMILES string of the molecule is CC(CCCO)NC(=O)C1CNc2ccccc2O1. The Bertz CT molecular complexity index is 436. The van der Waals surface area contributed by atoms with Gasteiger partial charge in [0.15, 0.2) is 6.10 Å². The van der Waals surface area contributed by atoms with Crippen LogP contribution in [-0.2, 0) is 4.79 Å². The molecular formula is C14H20N2O3. The lowest BCUT2D eigenvalue weighted by molar-refractivity contribution is -0.128. The molecule has 0 fully saturated rings. The third kappa shape index (κ3) is 3.61. The molecule has 1 heterocycles. The second kappa shape index (κ2) is 6.43. The molecule has 19 heavy (non-hydrogen) atoms. The Morgan fingerprint density at radius 1 is 1.58 bits per heavy atom. The Morgan fingerprint density at radius 3 is 3.16 bits per heavy atom. The first-order chi connectivity index (χ1) is 9.20. The summed E-state index contributed by atoms with van der Waals surface area (Å²) in [5.41, 5.74) is 0.917. The molecule has 0 spiro atoms. The molecule has 3 N–H and O–H groups in total. The fourth-order valence-electron chi connectivity index (χ4n) is 2.06. The van der Waals surface area contributed by atoms with E-state index in [-0.39, 0.29) is 18.6 Å². The van der Waals surface area contributed by atoms with Crippen LogP contribution in [0.4, 0.5) is 5.69 Å². The number of fused-ring (bicyclic) bond motifs is 1. The van der Waals surface area contributed by atoms with Crippen LogP contribution < -0.4 is 15.4 Å². The lowest BCUT2D eigenvalue weighted by atomic mass is 10.1. The summed E-state index contributed by atoms with van der Waals surface area (Å²) >= 11 is 0. The number of para-hydroxylation sites is 2. The number of anilines is 1. The molecule has 0 radical (unpaired) electrons. The number of aliphatic hydroxyl groups is 1. The Balaban J connectivity index is 1.88. The van der Waals surface area contributed by atoms with Crippen LogP contribution in [0.1, 0.15) is 19.8 Å². The van der Waals surface area contributed by atoms with Crippen LogP contribution in [0.15, 0.2) is 24.3 Å². The molecule has 2 atom stereocenters. The molecule has 5 nitrogen and oxygen atoms in total. The Kier molecular flexibility index (Phi) is 4.63. The van der Waals surface area contributed by atoms with E-state index in [1.165, 1.54) is 0 Å². The first kappa shape index (κ1) is 13.7. The van der Waals surface area contributed by atoms with E-state index in [1.807, 2.05) is 31.2 Å². The molecule has 1 aromatic carbocycles. The standard InChI is InChI=1S/C14H20N2O3/c1-10(5-4-8-17)16-14(18)13-9-15-11-6-2-3-7-12(11)19-13/h2-3,6-7,10,13,15,17H,4-5,8-9H2,1H3,(H,16,18). The summed E-state index contributed by atoms with van der Waals surface area (Å²) in [6.45, 7) is 2.54. The van der Waals surface area contributed by atoms with Gasteiger partial charge < -0.3 is 20.5 Å². The second-order valence-electron chi connectivity index (χ2n) is 4.76. The van der Waals surface area contributed by atoms with E-state index in [1.54, 1.807) is 0 Å². The fourth-order valence-corrected chi connectivity index (χ4v) is 2.06. The molecular weight excluding hydrogens is 244 g/mol. The average molecular weight is 264 g/mol. The normalized spacial score (nSPS) is 18.7. The van der Waals surface area contributed by atoms with E-state index in [4.69, 9.17) is 9.84 Å². The zero-order valence-corrected chi connectivity index (χ0v) is 11.1. The summed E-state index contributed by atoms with van der Waals surface area (Å²) < 4.78 is 5.68. The van der Waals surface area contributed by atoms with Gasteiger partial charge in [0.05, 0.1) is 12.2 Å². The van der Waals surface area contributed by atoms with Crippen molar-refractivity contribution in [3.05, 3.63) is 24.3 Å². The maximum atomic E-state index is 12.0. The van der Waals surface area contributed by atoms with Gasteiger partial charge in [-0.1, -0.05) is 12.1 Å². The zero-order chi connectivity index (χ0) is 13.7. The van der Waals surface area contributed by atoms with Crippen LogP contribution in [0.25, 0.3) is 0 Å². The number of amides is 1. The topological polar surface area (TPSA) is 70.6 Å². The summed E-state index contributed by atoms with van der Waals surface area (Å²) in [6.07, 6.45) is 0.944. The Labute approximate surface area is 113 Å². The van der Waals surface area contributed by atoms with Gasteiger partial charge in [-0.15, -0.1) is 0 Å². The minimum absolute atomic E-state index is 0.0421. The lowest BCUT2D eigenvalue weighted by Crippen LogP contribution is -2.47. The first-order valence-corrected chi connectivity index (χ1v) is 6.61. The van der Waals surface area contributed by atoms with Gasteiger partial charge in [-0.25, -0.2) is 0 Å². The van der Waals surface area contributed by atoms with Gasteiger partial charge in [-0.3, -0.25) is 4.79 Å². The number of carbonyl (C=O) groups is 1. The van der Waals surface area contributed by atoms with E-state index in [9.17, 15) is 4.79 Å². The predicted octanol–water partition coefficient (Wildman–Crippen LogP) is 1.14. The van der Waals surface area contributed by atoms with E-state index in [0.29, 0.717) is 18.7 Å². The minimum atomic E-state index is -0.508. The quantitative estimate of drug-likeness (QED) is 0.746. The van der Waals surface area contributed by atoms with Gasteiger partial charge in [0.1, 0.15) is 5.75 Å². The number of hydrogen-bond acceptors (Lipinski definition) is 4. The molecule has 1 amide bonds. The smallest absolute Gasteiger partial charge is 0.263 e. The summed E-state index contributed by atoms with van der Waals surface area (Å²) in [5.74, 6) is 0.587. The van der Waals surface area contributed by atoms with E-state index in [0.717, 1.165) is 12.1 Å². The van der Waals surface area contributed by atoms with Crippen molar-refractivity contribution in [2.24, 2.45) is 0 Å².